The minimum Gasteiger partial charge on any atom is -0.350 e. The normalized spacial score (nSPS) is 28.0. The molecule has 17 heavy (non-hydrogen) atoms. The van der Waals surface area contributed by atoms with E-state index >= 15 is 0 Å². The molecular formula is C12H19N3O2. The van der Waals surface area contributed by atoms with Crippen LogP contribution in [0.4, 0.5) is 4.79 Å². The van der Waals surface area contributed by atoms with E-state index in [0.717, 1.165) is 25.7 Å². The summed E-state index contributed by atoms with van der Waals surface area (Å²) in [6, 6.07) is 0.141. The Bertz CT molecular complexity index is 330. The van der Waals surface area contributed by atoms with Crippen molar-refractivity contribution >= 4 is 11.9 Å². The van der Waals surface area contributed by atoms with E-state index in [1.54, 1.807) is 11.0 Å². The zero-order valence-electron chi connectivity index (χ0n) is 9.95. The van der Waals surface area contributed by atoms with Crippen LogP contribution in [0.25, 0.3) is 0 Å². The highest BCUT2D eigenvalue weighted by Gasteiger charge is 2.38. The van der Waals surface area contributed by atoms with Crippen molar-refractivity contribution < 1.29 is 9.59 Å². The number of amides is 3. The Morgan fingerprint density at radius 2 is 2.29 bits per heavy atom. The molecule has 0 aromatic heterocycles. The number of carbonyl (C=O) groups excluding carboxylic acids is 2. The van der Waals surface area contributed by atoms with Gasteiger partial charge in [-0.25, -0.2) is 4.79 Å². The molecule has 0 unspecified atom stereocenters. The fourth-order valence-corrected chi connectivity index (χ4v) is 2.66. The molecule has 2 aliphatic rings. The first-order chi connectivity index (χ1) is 8.22. The van der Waals surface area contributed by atoms with Gasteiger partial charge >= 0.3 is 6.03 Å². The van der Waals surface area contributed by atoms with Gasteiger partial charge in [0.1, 0.15) is 6.54 Å². The van der Waals surface area contributed by atoms with Crippen LogP contribution in [0.3, 0.4) is 0 Å². The summed E-state index contributed by atoms with van der Waals surface area (Å²) in [6.07, 6.45) is 5.85. The van der Waals surface area contributed by atoms with Crippen LogP contribution in [-0.4, -0.2) is 42.0 Å². The molecule has 0 radical (unpaired) electrons. The zero-order chi connectivity index (χ0) is 12.3. The third-order valence-electron chi connectivity index (χ3n) is 3.45. The van der Waals surface area contributed by atoms with E-state index < -0.39 is 0 Å². The van der Waals surface area contributed by atoms with Crippen LogP contribution in [-0.2, 0) is 4.79 Å². The third-order valence-corrected chi connectivity index (χ3v) is 3.45. The highest BCUT2D eigenvalue weighted by Crippen LogP contribution is 2.25. The summed E-state index contributed by atoms with van der Waals surface area (Å²) < 4.78 is 0. The number of nitrogens with one attached hydrogen (secondary N) is 2. The van der Waals surface area contributed by atoms with Crippen LogP contribution < -0.4 is 10.6 Å². The lowest BCUT2D eigenvalue weighted by Gasteiger charge is -2.43. The number of carbonyl (C=O) groups is 2. The van der Waals surface area contributed by atoms with Gasteiger partial charge in [-0.3, -0.25) is 4.79 Å². The van der Waals surface area contributed by atoms with Crippen molar-refractivity contribution in [1.29, 1.82) is 0 Å². The van der Waals surface area contributed by atoms with E-state index in [-0.39, 0.29) is 30.6 Å². The Morgan fingerprint density at radius 3 is 3.06 bits per heavy atom. The summed E-state index contributed by atoms with van der Waals surface area (Å²) in [6.45, 7) is 4.17. The number of hydrogen-bond acceptors (Lipinski definition) is 2. The van der Waals surface area contributed by atoms with E-state index in [2.05, 4.69) is 17.2 Å². The lowest BCUT2D eigenvalue weighted by atomic mass is 9.87. The second-order valence-corrected chi connectivity index (χ2v) is 4.63. The van der Waals surface area contributed by atoms with E-state index in [1.165, 1.54) is 0 Å². The maximum atomic E-state index is 11.9. The van der Waals surface area contributed by atoms with Crippen LogP contribution in [0, 0.1) is 0 Å². The van der Waals surface area contributed by atoms with Crippen LogP contribution in [0.1, 0.15) is 25.7 Å². The molecule has 0 aromatic carbocycles. The molecule has 1 aliphatic heterocycles. The molecule has 2 atom stereocenters. The summed E-state index contributed by atoms with van der Waals surface area (Å²) in [7, 11) is 0. The highest BCUT2D eigenvalue weighted by molar-refractivity contribution is 5.86. The molecule has 2 N–H and O–H groups in total. The summed E-state index contributed by atoms with van der Waals surface area (Å²) in [5.74, 6) is -0.0538. The summed E-state index contributed by atoms with van der Waals surface area (Å²) in [5.41, 5.74) is 0. The average molecular weight is 237 g/mol. The van der Waals surface area contributed by atoms with E-state index in [1.807, 2.05) is 0 Å². The van der Waals surface area contributed by atoms with Crippen LogP contribution in [0.2, 0.25) is 0 Å². The standard InChI is InChI=1S/C12H19N3O2/c1-2-7-13-12(17)15-8-11(16)14-9-5-3-4-6-10(9)15/h2,9-10H,1,3-8H2,(H,13,17)(H,14,16)/t9-,10+/m0/s1. The molecule has 0 spiro atoms. The minimum absolute atomic E-state index is 0.0538. The topological polar surface area (TPSA) is 61.4 Å². The van der Waals surface area contributed by atoms with Gasteiger partial charge in [0.25, 0.3) is 0 Å². The molecule has 2 fully saturated rings. The molecule has 0 aromatic rings. The number of hydrogen-bond donors (Lipinski definition) is 2. The minimum atomic E-state index is -0.156. The number of rotatable bonds is 2. The quantitative estimate of drug-likeness (QED) is 0.692. The summed E-state index contributed by atoms with van der Waals surface area (Å²) in [4.78, 5) is 25.2. The van der Waals surface area contributed by atoms with Gasteiger partial charge in [0.05, 0.1) is 6.04 Å². The summed E-state index contributed by atoms with van der Waals surface area (Å²) >= 11 is 0. The van der Waals surface area contributed by atoms with Gasteiger partial charge < -0.3 is 15.5 Å². The van der Waals surface area contributed by atoms with Crippen molar-refractivity contribution in [3.05, 3.63) is 12.7 Å². The summed E-state index contributed by atoms with van der Waals surface area (Å²) in [5, 5.41) is 5.72. The lowest BCUT2D eigenvalue weighted by Crippen LogP contribution is -2.64. The molecular weight excluding hydrogens is 218 g/mol. The average Bonchev–Trinajstić information content (AvgIpc) is 2.34. The fraction of sp³-hybridized carbons (Fsp3) is 0.667. The number of piperazine rings is 1. The highest BCUT2D eigenvalue weighted by atomic mass is 16.2. The van der Waals surface area contributed by atoms with Crippen molar-refractivity contribution in [3.63, 3.8) is 0 Å². The van der Waals surface area contributed by atoms with Crippen LogP contribution in [0.15, 0.2) is 12.7 Å². The van der Waals surface area contributed by atoms with Crippen molar-refractivity contribution in [2.24, 2.45) is 0 Å². The van der Waals surface area contributed by atoms with E-state index in [0.29, 0.717) is 6.54 Å². The monoisotopic (exact) mass is 237 g/mol. The van der Waals surface area contributed by atoms with Crippen molar-refractivity contribution in [3.8, 4) is 0 Å². The second kappa shape index (κ2) is 5.21. The Labute approximate surface area is 101 Å². The molecule has 2 rings (SSSR count). The van der Waals surface area contributed by atoms with Gasteiger partial charge in [0.2, 0.25) is 5.91 Å². The van der Waals surface area contributed by atoms with Crippen molar-refractivity contribution in [2.75, 3.05) is 13.1 Å². The van der Waals surface area contributed by atoms with E-state index in [4.69, 9.17) is 0 Å². The van der Waals surface area contributed by atoms with Gasteiger partial charge in [-0.2, -0.15) is 0 Å². The molecule has 5 nitrogen and oxygen atoms in total. The Hall–Kier alpha value is -1.52. The first-order valence-corrected chi connectivity index (χ1v) is 6.17. The fourth-order valence-electron chi connectivity index (χ4n) is 2.66. The lowest BCUT2D eigenvalue weighted by molar-refractivity contribution is -0.126. The molecule has 0 bridgehead atoms. The molecule has 1 saturated heterocycles. The molecule has 5 heteroatoms. The first-order valence-electron chi connectivity index (χ1n) is 6.17. The van der Waals surface area contributed by atoms with Gasteiger partial charge in [-0.15, -0.1) is 6.58 Å². The van der Waals surface area contributed by atoms with Crippen LogP contribution >= 0.6 is 0 Å². The molecule has 1 aliphatic carbocycles. The number of urea groups is 1. The van der Waals surface area contributed by atoms with Crippen molar-refractivity contribution in [1.82, 2.24) is 15.5 Å². The second-order valence-electron chi connectivity index (χ2n) is 4.63. The SMILES string of the molecule is C=CCNC(=O)N1CC(=O)N[C@H]2CCCC[C@H]21. The third kappa shape index (κ3) is 2.60. The van der Waals surface area contributed by atoms with E-state index in [9.17, 15) is 9.59 Å². The van der Waals surface area contributed by atoms with Gasteiger partial charge in [-0.05, 0) is 12.8 Å². The smallest absolute Gasteiger partial charge is 0.318 e. The maximum absolute atomic E-state index is 11.9. The number of fused-ring (bicyclic) bond motifs is 1. The predicted octanol–water partition coefficient (Wildman–Crippen LogP) is 0.625. The molecule has 3 amide bonds. The van der Waals surface area contributed by atoms with Crippen LogP contribution in [0.5, 0.6) is 0 Å². The largest absolute Gasteiger partial charge is 0.350 e. The zero-order valence-corrected chi connectivity index (χ0v) is 9.95. The molecule has 94 valence electrons. The first kappa shape index (κ1) is 12.0. The molecule has 1 heterocycles. The van der Waals surface area contributed by atoms with Gasteiger partial charge in [0, 0.05) is 12.6 Å². The van der Waals surface area contributed by atoms with Crippen molar-refractivity contribution in [2.45, 2.75) is 37.8 Å². The Kier molecular flexibility index (Phi) is 3.66. The number of nitrogens with zero attached hydrogens (tertiary/aromatic N) is 1. The molecule has 1 saturated carbocycles. The Morgan fingerprint density at radius 1 is 1.53 bits per heavy atom. The maximum Gasteiger partial charge on any atom is 0.318 e. The van der Waals surface area contributed by atoms with Gasteiger partial charge in [0.15, 0.2) is 0 Å². The predicted molar refractivity (Wildman–Crippen MR) is 64.5 cm³/mol. The Balaban J connectivity index is 2.04. The van der Waals surface area contributed by atoms with Gasteiger partial charge in [-0.1, -0.05) is 18.9 Å².